The van der Waals surface area contributed by atoms with Crippen molar-refractivity contribution in [3.8, 4) is 17.2 Å². The molecule has 1 amide bonds. The van der Waals surface area contributed by atoms with Crippen LogP contribution >= 0.6 is 0 Å². The van der Waals surface area contributed by atoms with Crippen molar-refractivity contribution < 1.29 is 19.0 Å². The highest BCUT2D eigenvalue weighted by atomic mass is 16.6. The Morgan fingerprint density at radius 1 is 1.07 bits per heavy atom. The van der Waals surface area contributed by atoms with E-state index in [9.17, 15) is 4.79 Å². The number of methoxy groups -OCH3 is 1. The number of rotatable bonds is 5. The van der Waals surface area contributed by atoms with Crippen molar-refractivity contribution in [3.63, 3.8) is 0 Å². The molecule has 2 aromatic carbocycles. The average Bonchev–Trinajstić information content (AvgIpc) is 2.66. The van der Waals surface area contributed by atoms with Gasteiger partial charge in [-0.2, -0.15) is 0 Å². The molecule has 0 fully saturated rings. The first-order valence-electron chi connectivity index (χ1n) is 9.29. The van der Waals surface area contributed by atoms with E-state index in [-0.39, 0.29) is 17.9 Å². The number of hydrogen-bond acceptors (Lipinski definition) is 4. The first-order valence-corrected chi connectivity index (χ1v) is 9.29. The molecule has 0 bridgehead atoms. The molecular weight excluding hydrogens is 342 g/mol. The highest BCUT2D eigenvalue weighted by Crippen LogP contribution is 2.33. The predicted octanol–water partition coefficient (Wildman–Crippen LogP) is 4.39. The summed E-state index contributed by atoms with van der Waals surface area (Å²) in [6.07, 6.45) is 0. The van der Waals surface area contributed by atoms with Gasteiger partial charge in [-0.15, -0.1) is 0 Å². The molecule has 0 spiro atoms. The zero-order valence-electron chi connectivity index (χ0n) is 16.6. The van der Waals surface area contributed by atoms with Crippen LogP contribution in [0.25, 0.3) is 0 Å². The maximum atomic E-state index is 12.9. The molecular formula is C22H27NO4. The summed E-state index contributed by atoms with van der Waals surface area (Å²) < 4.78 is 16.7. The van der Waals surface area contributed by atoms with Crippen molar-refractivity contribution in [3.05, 3.63) is 52.6 Å². The van der Waals surface area contributed by atoms with Gasteiger partial charge < -0.3 is 19.5 Å². The lowest BCUT2D eigenvalue weighted by Gasteiger charge is -2.22. The van der Waals surface area contributed by atoms with Crippen molar-refractivity contribution in [2.75, 3.05) is 20.3 Å². The zero-order valence-corrected chi connectivity index (χ0v) is 16.6. The standard InChI is InChI=1S/C22H27NO4/c1-13(2)17-12-18(14(3)10-20(17)25-5)22(24)23-15(4)16-6-7-19-21(11-16)27-9-8-26-19/h6-7,10-13,15H,8-9H2,1-5H3,(H,23,24)/t15-/m1/s1. The van der Waals surface area contributed by atoms with Crippen LogP contribution in [0.5, 0.6) is 17.2 Å². The summed E-state index contributed by atoms with van der Waals surface area (Å²) >= 11 is 0. The van der Waals surface area contributed by atoms with Crippen LogP contribution in [0.3, 0.4) is 0 Å². The SMILES string of the molecule is COc1cc(C)c(C(=O)N[C@H](C)c2ccc3c(c2)OCCO3)cc1C(C)C. The monoisotopic (exact) mass is 369 g/mol. The molecule has 0 radical (unpaired) electrons. The molecule has 0 aliphatic carbocycles. The Labute approximate surface area is 160 Å². The van der Waals surface area contributed by atoms with Gasteiger partial charge in [0, 0.05) is 5.56 Å². The minimum Gasteiger partial charge on any atom is -0.496 e. The smallest absolute Gasteiger partial charge is 0.252 e. The quantitative estimate of drug-likeness (QED) is 0.849. The molecule has 0 aromatic heterocycles. The second-order valence-electron chi connectivity index (χ2n) is 7.16. The third kappa shape index (κ3) is 4.02. The number of nitrogens with one attached hydrogen (secondary N) is 1. The number of carbonyl (C=O) groups excluding carboxylic acids is 1. The van der Waals surface area contributed by atoms with Gasteiger partial charge in [0.05, 0.1) is 13.2 Å². The van der Waals surface area contributed by atoms with Crippen molar-refractivity contribution in [2.45, 2.75) is 39.7 Å². The van der Waals surface area contributed by atoms with E-state index in [4.69, 9.17) is 14.2 Å². The molecule has 5 nitrogen and oxygen atoms in total. The van der Waals surface area contributed by atoms with E-state index in [1.807, 2.05) is 44.2 Å². The Morgan fingerprint density at radius 3 is 2.44 bits per heavy atom. The summed E-state index contributed by atoms with van der Waals surface area (Å²) in [4.78, 5) is 12.9. The summed E-state index contributed by atoms with van der Waals surface area (Å²) in [6, 6.07) is 9.49. The molecule has 0 unspecified atom stereocenters. The molecule has 3 rings (SSSR count). The number of benzene rings is 2. The van der Waals surface area contributed by atoms with Crippen molar-refractivity contribution in [1.29, 1.82) is 0 Å². The fourth-order valence-electron chi connectivity index (χ4n) is 3.26. The van der Waals surface area contributed by atoms with Gasteiger partial charge in [0.25, 0.3) is 5.91 Å². The zero-order chi connectivity index (χ0) is 19.6. The van der Waals surface area contributed by atoms with E-state index in [1.165, 1.54) is 0 Å². The highest BCUT2D eigenvalue weighted by molar-refractivity contribution is 5.96. The van der Waals surface area contributed by atoms with Crippen LogP contribution in [-0.2, 0) is 0 Å². The lowest BCUT2D eigenvalue weighted by molar-refractivity contribution is 0.0939. The van der Waals surface area contributed by atoms with Crippen molar-refractivity contribution >= 4 is 5.91 Å². The maximum absolute atomic E-state index is 12.9. The number of fused-ring (bicyclic) bond motifs is 1. The summed E-state index contributed by atoms with van der Waals surface area (Å²) in [5.74, 6) is 2.46. The minimum absolute atomic E-state index is 0.0977. The molecule has 1 N–H and O–H groups in total. The van der Waals surface area contributed by atoms with Gasteiger partial charge >= 0.3 is 0 Å². The molecule has 144 valence electrons. The van der Waals surface area contributed by atoms with Crippen LogP contribution < -0.4 is 19.5 Å². The van der Waals surface area contributed by atoms with E-state index in [1.54, 1.807) is 7.11 Å². The highest BCUT2D eigenvalue weighted by Gasteiger charge is 2.19. The Kier molecular flexibility index (Phi) is 5.59. The number of carbonyl (C=O) groups is 1. The summed E-state index contributed by atoms with van der Waals surface area (Å²) in [6.45, 7) is 9.18. The second-order valence-corrected chi connectivity index (χ2v) is 7.16. The third-order valence-corrected chi connectivity index (χ3v) is 4.86. The van der Waals surface area contributed by atoms with Crippen LogP contribution in [0.4, 0.5) is 0 Å². The van der Waals surface area contributed by atoms with E-state index in [2.05, 4.69) is 19.2 Å². The lowest BCUT2D eigenvalue weighted by Crippen LogP contribution is -2.27. The van der Waals surface area contributed by atoms with Crippen LogP contribution in [0.1, 0.15) is 59.8 Å². The Hall–Kier alpha value is -2.69. The molecule has 1 heterocycles. The Balaban J connectivity index is 1.81. The fourth-order valence-corrected chi connectivity index (χ4v) is 3.26. The molecule has 1 aliphatic rings. The van der Waals surface area contributed by atoms with Gasteiger partial charge in [-0.25, -0.2) is 0 Å². The van der Waals surface area contributed by atoms with Gasteiger partial charge in [0.2, 0.25) is 0 Å². The van der Waals surface area contributed by atoms with Crippen molar-refractivity contribution in [1.82, 2.24) is 5.32 Å². The first kappa shape index (κ1) is 19.1. The summed E-state index contributed by atoms with van der Waals surface area (Å²) in [5, 5.41) is 3.09. The predicted molar refractivity (Wildman–Crippen MR) is 105 cm³/mol. The molecule has 27 heavy (non-hydrogen) atoms. The van der Waals surface area contributed by atoms with Gasteiger partial charge in [-0.1, -0.05) is 19.9 Å². The summed E-state index contributed by atoms with van der Waals surface area (Å²) in [5.41, 5.74) is 3.56. The van der Waals surface area contributed by atoms with Gasteiger partial charge in [-0.05, 0) is 60.7 Å². The van der Waals surface area contributed by atoms with E-state index in [0.717, 1.165) is 33.9 Å². The van der Waals surface area contributed by atoms with E-state index < -0.39 is 0 Å². The van der Waals surface area contributed by atoms with Gasteiger partial charge in [0.15, 0.2) is 11.5 Å². The Morgan fingerprint density at radius 2 is 1.78 bits per heavy atom. The van der Waals surface area contributed by atoms with E-state index in [0.29, 0.717) is 18.8 Å². The van der Waals surface area contributed by atoms with Crippen LogP contribution in [0.15, 0.2) is 30.3 Å². The normalized spacial score (nSPS) is 14.0. The first-order chi connectivity index (χ1) is 12.9. The van der Waals surface area contributed by atoms with Crippen molar-refractivity contribution in [2.24, 2.45) is 0 Å². The molecule has 1 atom stereocenters. The topological polar surface area (TPSA) is 56.8 Å². The number of amides is 1. The molecule has 0 saturated heterocycles. The number of aryl methyl sites for hydroxylation is 1. The number of ether oxygens (including phenoxy) is 3. The summed E-state index contributed by atoms with van der Waals surface area (Å²) in [7, 11) is 1.66. The second kappa shape index (κ2) is 7.91. The largest absolute Gasteiger partial charge is 0.496 e. The maximum Gasteiger partial charge on any atom is 0.252 e. The molecule has 0 saturated carbocycles. The fraction of sp³-hybridized carbons (Fsp3) is 0.409. The number of hydrogen-bond donors (Lipinski definition) is 1. The van der Waals surface area contributed by atoms with Gasteiger partial charge in [-0.3, -0.25) is 4.79 Å². The third-order valence-electron chi connectivity index (χ3n) is 4.86. The van der Waals surface area contributed by atoms with Crippen LogP contribution in [0, 0.1) is 6.92 Å². The van der Waals surface area contributed by atoms with E-state index >= 15 is 0 Å². The molecule has 1 aliphatic heterocycles. The molecule has 5 heteroatoms. The molecule has 2 aromatic rings. The van der Waals surface area contributed by atoms with Crippen LogP contribution in [0.2, 0.25) is 0 Å². The van der Waals surface area contributed by atoms with Crippen LogP contribution in [-0.4, -0.2) is 26.2 Å². The Bertz CT molecular complexity index is 844. The minimum atomic E-state index is -0.155. The van der Waals surface area contributed by atoms with Gasteiger partial charge in [0.1, 0.15) is 19.0 Å². The average molecular weight is 369 g/mol. The lowest BCUT2D eigenvalue weighted by atomic mass is 9.95.